The van der Waals surface area contributed by atoms with Crippen LogP contribution in [0.4, 0.5) is 0 Å². The van der Waals surface area contributed by atoms with Crippen LogP contribution in [-0.4, -0.2) is 24.9 Å². The number of carbonyl (C=O) groups is 2. The Morgan fingerprint density at radius 3 is 1.36 bits per heavy atom. The molecule has 0 aliphatic heterocycles. The van der Waals surface area contributed by atoms with Gasteiger partial charge in [0.25, 0.3) is 0 Å². The minimum Gasteiger partial charge on any atom is -0.355 e. The van der Waals surface area contributed by atoms with E-state index in [1.165, 1.54) is 0 Å². The summed E-state index contributed by atoms with van der Waals surface area (Å²) in [6.45, 7) is 1.45. The Morgan fingerprint density at radius 1 is 0.636 bits per heavy atom. The van der Waals surface area contributed by atoms with E-state index in [9.17, 15) is 9.59 Å². The predicted molar refractivity (Wildman–Crippen MR) is 88.0 cm³/mol. The van der Waals surface area contributed by atoms with Gasteiger partial charge >= 0.3 is 0 Å². The first-order chi connectivity index (χ1) is 10.8. The highest BCUT2D eigenvalue weighted by molar-refractivity contribution is 5.83. The summed E-state index contributed by atoms with van der Waals surface area (Å²) >= 11 is 0. The van der Waals surface area contributed by atoms with Crippen molar-refractivity contribution in [2.24, 2.45) is 11.8 Å². The Hall–Kier alpha value is -2.10. The molecule has 2 rings (SSSR count). The van der Waals surface area contributed by atoms with Gasteiger partial charge in [-0.05, 0) is 12.8 Å². The lowest BCUT2D eigenvalue weighted by Crippen LogP contribution is -2.29. The standard InChI is InChI=1S/C18H24N2O2/c21-17(15-9-3-4-10-15)19-13-7-1-2-8-14-20-18(22)16-11-5-6-12-16/h3-6,9-12,15-16H,1-2,7-8,13-14H2,(H,19,21)(H,20,22). The highest BCUT2D eigenvalue weighted by Crippen LogP contribution is 2.09. The SMILES string of the molecule is O=C(NCCCCCCNC(=O)C1C=CC=C1)C1C=CC=C1. The molecule has 0 saturated carbocycles. The van der Waals surface area contributed by atoms with Crippen LogP contribution in [0.15, 0.2) is 48.6 Å². The molecule has 2 amide bonds. The molecule has 22 heavy (non-hydrogen) atoms. The Morgan fingerprint density at radius 2 is 1.00 bits per heavy atom. The molecule has 0 atom stereocenters. The van der Waals surface area contributed by atoms with E-state index in [2.05, 4.69) is 10.6 Å². The summed E-state index contributed by atoms with van der Waals surface area (Å²) in [6, 6.07) is 0. The molecule has 0 aromatic rings. The number of nitrogens with one attached hydrogen (secondary N) is 2. The molecular weight excluding hydrogens is 276 g/mol. The van der Waals surface area contributed by atoms with Gasteiger partial charge in [-0.25, -0.2) is 0 Å². The van der Waals surface area contributed by atoms with Gasteiger partial charge in [0.1, 0.15) is 0 Å². The first-order valence-electron chi connectivity index (χ1n) is 8.03. The minimum absolute atomic E-state index is 0.0786. The van der Waals surface area contributed by atoms with E-state index in [1.807, 2.05) is 48.6 Å². The van der Waals surface area contributed by atoms with Gasteiger partial charge in [-0.1, -0.05) is 61.4 Å². The smallest absolute Gasteiger partial charge is 0.230 e. The van der Waals surface area contributed by atoms with Gasteiger partial charge < -0.3 is 10.6 Å². The topological polar surface area (TPSA) is 58.2 Å². The number of hydrogen-bond donors (Lipinski definition) is 2. The molecule has 0 saturated heterocycles. The zero-order valence-corrected chi connectivity index (χ0v) is 12.8. The quantitative estimate of drug-likeness (QED) is 0.642. The van der Waals surface area contributed by atoms with Crippen LogP contribution in [0.3, 0.4) is 0 Å². The molecular formula is C18H24N2O2. The molecule has 4 nitrogen and oxygen atoms in total. The van der Waals surface area contributed by atoms with E-state index >= 15 is 0 Å². The van der Waals surface area contributed by atoms with Crippen LogP contribution < -0.4 is 10.6 Å². The molecule has 2 N–H and O–H groups in total. The lowest BCUT2D eigenvalue weighted by atomic mass is 10.1. The van der Waals surface area contributed by atoms with E-state index in [1.54, 1.807) is 0 Å². The highest BCUT2D eigenvalue weighted by Gasteiger charge is 2.13. The second-order valence-corrected chi connectivity index (χ2v) is 5.59. The average molecular weight is 300 g/mol. The average Bonchev–Trinajstić information content (AvgIpc) is 3.22. The van der Waals surface area contributed by atoms with Crippen molar-refractivity contribution in [1.82, 2.24) is 10.6 Å². The fourth-order valence-electron chi connectivity index (χ4n) is 2.48. The fourth-order valence-corrected chi connectivity index (χ4v) is 2.48. The Bertz CT molecular complexity index is 433. The van der Waals surface area contributed by atoms with Crippen LogP contribution in [0.5, 0.6) is 0 Å². The summed E-state index contributed by atoms with van der Waals surface area (Å²) < 4.78 is 0. The van der Waals surface area contributed by atoms with Gasteiger partial charge in [-0.3, -0.25) is 9.59 Å². The Balaban J connectivity index is 1.41. The number of rotatable bonds is 9. The van der Waals surface area contributed by atoms with Gasteiger partial charge in [0, 0.05) is 13.1 Å². The van der Waals surface area contributed by atoms with Crippen molar-refractivity contribution in [2.75, 3.05) is 13.1 Å². The summed E-state index contributed by atoms with van der Waals surface area (Å²) in [6.07, 6.45) is 19.3. The first-order valence-corrected chi connectivity index (χ1v) is 8.03. The molecule has 2 aliphatic rings. The van der Waals surface area contributed by atoms with Crippen LogP contribution in [0.25, 0.3) is 0 Å². The first kappa shape index (κ1) is 16.3. The van der Waals surface area contributed by atoms with E-state index in [0.29, 0.717) is 0 Å². The highest BCUT2D eigenvalue weighted by atomic mass is 16.2. The molecule has 2 aliphatic carbocycles. The van der Waals surface area contributed by atoms with E-state index in [4.69, 9.17) is 0 Å². The van der Waals surface area contributed by atoms with Gasteiger partial charge in [-0.15, -0.1) is 0 Å². The number of amides is 2. The maximum Gasteiger partial charge on any atom is 0.230 e. The number of hydrogen-bond acceptors (Lipinski definition) is 2. The molecule has 0 aromatic heterocycles. The molecule has 0 bridgehead atoms. The third kappa shape index (κ3) is 5.35. The number of unbranched alkanes of at least 4 members (excludes halogenated alkanes) is 3. The van der Waals surface area contributed by atoms with Crippen molar-refractivity contribution in [3.8, 4) is 0 Å². The van der Waals surface area contributed by atoms with Gasteiger partial charge in [0.15, 0.2) is 0 Å². The third-order valence-corrected chi connectivity index (χ3v) is 3.80. The van der Waals surface area contributed by atoms with E-state index in [0.717, 1.165) is 38.8 Å². The largest absolute Gasteiger partial charge is 0.355 e. The van der Waals surface area contributed by atoms with Crippen molar-refractivity contribution >= 4 is 11.8 Å². The minimum atomic E-state index is -0.0890. The summed E-state index contributed by atoms with van der Waals surface area (Å²) in [5, 5.41) is 5.89. The molecule has 4 heteroatoms. The fraction of sp³-hybridized carbons (Fsp3) is 0.444. The van der Waals surface area contributed by atoms with Crippen LogP contribution >= 0.6 is 0 Å². The van der Waals surface area contributed by atoms with Crippen LogP contribution in [0, 0.1) is 11.8 Å². The second kappa shape index (κ2) is 9.03. The lowest BCUT2D eigenvalue weighted by molar-refractivity contribution is -0.123. The molecule has 118 valence electrons. The van der Waals surface area contributed by atoms with Crippen LogP contribution in [-0.2, 0) is 9.59 Å². The molecule has 0 unspecified atom stereocenters. The zero-order chi connectivity index (χ0) is 15.6. The monoisotopic (exact) mass is 300 g/mol. The van der Waals surface area contributed by atoms with E-state index in [-0.39, 0.29) is 23.7 Å². The second-order valence-electron chi connectivity index (χ2n) is 5.59. The maximum atomic E-state index is 11.7. The predicted octanol–water partition coefficient (Wildman–Crippen LogP) is 2.26. The van der Waals surface area contributed by atoms with E-state index < -0.39 is 0 Å². The Kier molecular flexibility index (Phi) is 6.68. The molecule has 0 aromatic carbocycles. The van der Waals surface area contributed by atoms with Crippen LogP contribution in [0.2, 0.25) is 0 Å². The maximum absolute atomic E-state index is 11.7. The van der Waals surface area contributed by atoms with Gasteiger partial charge in [0.05, 0.1) is 11.8 Å². The lowest BCUT2D eigenvalue weighted by Gasteiger charge is -2.09. The molecule has 0 fully saturated rings. The molecule has 0 radical (unpaired) electrons. The van der Waals surface area contributed by atoms with Gasteiger partial charge in [-0.2, -0.15) is 0 Å². The van der Waals surface area contributed by atoms with Gasteiger partial charge in [0.2, 0.25) is 11.8 Å². The van der Waals surface area contributed by atoms with Crippen molar-refractivity contribution in [1.29, 1.82) is 0 Å². The van der Waals surface area contributed by atoms with Crippen molar-refractivity contribution in [2.45, 2.75) is 25.7 Å². The summed E-state index contributed by atoms with van der Waals surface area (Å²) in [4.78, 5) is 23.4. The zero-order valence-electron chi connectivity index (χ0n) is 12.8. The molecule has 0 spiro atoms. The normalized spacial score (nSPS) is 16.5. The summed E-state index contributed by atoms with van der Waals surface area (Å²) in [7, 11) is 0. The Labute approximate surface area is 132 Å². The molecule has 0 heterocycles. The number of allylic oxidation sites excluding steroid dienone is 4. The van der Waals surface area contributed by atoms with Crippen molar-refractivity contribution in [3.05, 3.63) is 48.6 Å². The third-order valence-electron chi connectivity index (χ3n) is 3.80. The van der Waals surface area contributed by atoms with Crippen molar-refractivity contribution in [3.63, 3.8) is 0 Å². The summed E-state index contributed by atoms with van der Waals surface area (Å²) in [5.41, 5.74) is 0. The van der Waals surface area contributed by atoms with Crippen molar-refractivity contribution < 1.29 is 9.59 Å². The van der Waals surface area contributed by atoms with Crippen LogP contribution in [0.1, 0.15) is 25.7 Å². The number of carbonyl (C=O) groups excluding carboxylic acids is 2. The summed E-state index contributed by atoms with van der Waals surface area (Å²) in [5.74, 6) is -0.0207.